The van der Waals surface area contributed by atoms with Crippen molar-refractivity contribution in [2.24, 2.45) is 0 Å². The highest BCUT2D eigenvalue weighted by atomic mass is 16.8. The summed E-state index contributed by atoms with van der Waals surface area (Å²) in [5.74, 6) is -0.306. The minimum absolute atomic E-state index is 0.209. The van der Waals surface area contributed by atoms with Crippen LogP contribution in [0.25, 0.3) is 0 Å². The molecule has 3 aliphatic heterocycles. The highest BCUT2D eigenvalue weighted by Crippen LogP contribution is 2.33. The zero-order valence-electron chi connectivity index (χ0n) is 62.7. The summed E-state index contributed by atoms with van der Waals surface area (Å²) in [6.07, 6.45) is 63.9. The number of nitrogens with one attached hydrogen (secondary N) is 1. The first-order valence-corrected chi connectivity index (χ1v) is 39.6. The highest BCUT2D eigenvalue weighted by Gasteiger charge is 2.53. The monoisotopic (exact) mass is 1450 g/mol. The fourth-order valence-electron chi connectivity index (χ4n) is 12.3. The van der Waals surface area contributed by atoms with E-state index in [2.05, 4.69) is 153 Å². The molecule has 19 nitrogen and oxygen atoms in total. The number of aliphatic hydroxyl groups is 11. The van der Waals surface area contributed by atoms with Gasteiger partial charge in [0.2, 0.25) is 5.91 Å². The van der Waals surface area contributed by atoms with E-state index in [-0.39, 0.29) is 18.9 Å². The molecular formula is C84H139NO18. The first kappa shape index (κ1) is 92.9. The average Bonchev–Trinajstić information content (AvgIpc) is 0.781. The van der Waals surface area contributed by atoms with E-state index >= 15 is 0 Å². The average molecular weight is 1450 g/mol. The van der Waals surface area contributed by atoms with E-state index in [9.17, 15) is 61.0 Å². The Morgan fingerprint density at radius 1 is 0.359 bits per heavy atom. The molecule has 19 heteroatoms. The Morgan fingerprint density at radius 2 is 0.680 bits per heavy atom. The molecule has 0 aromatic rings. The summed E-state index contributed by atoms with van der Waals surface area (Å²) in [4.78, 5) is 13.5. The number of hydrogen-bond acceptors (Lipinski definition) is 18. The smallest absolute Gasteiger partial charge is 0.220 e. The standard InChI is InChI=1S/C84H139NO18/c1-3-5-7-9-11-13-15-17-19-21-23-25-27-28-29-30-31-32-33-34-35-36-37-38-40-42-44-46-48-50-52-54-56-58-60-62-72(90)85-67(68(89)61-59-57-55-53-51-49-47-45-43-41-39-26-24-22-20-18-16-14-12-10-8-6-4-2)66-98-82-78(96)75(93)80(70(64-87)100-82)103-84-79(97)76(94)81(71(65-88)101-84)102-83-77(95)74(92)73(91)69(63-86)99-83/h5,7,11,13,17,19,23,25,28-29,31-32,34-35,37-38,42-45,51,53,59,61,67-71,73-84,86-89,91-97H,3-4,6,8-10,12,14-16,18,20-22,24,26-27,30,33,36,39-41,46-50,52,54-58,60,62-66H2,1-2H3,(H,85,90)/b7-5-,13-11-,19-17-,25-23-,29-28-,32-31-,35-34-,38-37-,44-42-,45-43+,53-51+,61-59+. The van der Waals surface area contributed by atoms with Crippen molar-refractivity contribution in [3.63, 3.8) is 0 Å². The quantitative estimate of drug-likeness (QED) is 0.0199. The van der Waals surface area contributed by atoms with Crippen molar-refractivity contribution in [3.8, 4) is 0 Å². The van der Waals surface area contributed by atoms with Gasteiger partial charge in [0.25, 0.3) is 0 Å². The third-order valence-corrected chi connectivity index (χ3v) is 18.6. The van der Waals surface area contributed by atoms with Gasteiger partial charge < -0.3 is 89.9 Å². The van der Waals surface area contributed by atoms with Crippen molar-refractivity contribution in [2.75, 3.05) is 26.4 Å². The van der Waals surface area contributed by atoms with Gasteiger partial charge in [0.05, 0.1) is 38.6 Å². The van der Waals surface area contributed by atoms with Gasteiger partial charge in [-0.3, -0.25) is 4.79 Å². The minimum atomic E-state index is -1.99. The Bertz CT molecular complexity index is 2430. The molecule has 0 aromatic carbocycles. The SMILES string of the molecule is CC/C=C\C/C=C\C/C=C\C/C=C\C/C=C\C/C=C\C/C=C\C/C=C\C/C=C\CCCCCCCCCC(=O)NC(COC1OC(CO)C(OC2OC(CO)C(OC3OC(CO)C(O)C(O)C3O)C(O)C2O)C(O)C1O)C(O)/C=C/CC/C=C/CC/C=C/CCCCCCCCCCCCCCC. The summed E-state index contributed by atoms with van der Waals surface area (Å²) in [7, 11) is 0. The fourth-order valence-corrected chi connectivity index (χ4v) is 12.3. The van der Waals surface area contributed by atoms with Crippen molar-refractivity contribution < 1.29 is 89.4 Å². The van der Waals surface area contributed by atoms with E-state index in [1.165, 1.54) is 83.5 Å². The molecule has 0 aromatic heterocycles. The van der Waals surface area contributed by atoms with Crippen LogP contribution >= 0.6 is 0 Å². The van der Waals surface area contributed by atoms with Crippen molar-refractivity contribution in [2.45, 2.75) is 349 Å². The van der Waals surface area contributed by atoms with E-state index in [1.807, 2.05) is 6.08 Å². The lowest BCUT2D eigenvalue weighted by Gasteiger charge is -2.48. The Morgan fingerprint density at radius 3 is 1.09 bits per heavy atom. The number of amides is 1. The normalized spacial score (nSPS) is 26.9. The number of ether oxygens (including phenoxy) is 6. The highest BCUT2D eigenvalue weighted by molar-refractivity contribution is 5.76. The number of carbonyl (C=O) groups is 1. The Hall–Kier alpha value is -4.33. The van der Waals surface area contributed by atoms with Crippen LogP contribution in [0.3, 0.4) is 0 Å². The maximum atomic E-state index is 13.5. The Balaban J connectivity index is 1.40. The van der Waals surface area contributed by atoms with Gasteiger partial charge in [-0.05, 0) is 116 Å². The summed E-state index contributed by atoms with van der Waals surface area (Å²) in [5, 5.41) is 121. The lowest BCUT2D eigenvalue weighted by molar-refractivity contribution is -0.379. The molecule has 17 unspecified atom stereocenters. The maximum Gasteiger partial charge on any atom is 0.220 e. The van der Waals surface area contributed by atoms with Crippen molar-refractivity contribution in [3.05, 3.63) is 146 Å². The van der Waals surface area contributed by atoms with E-state index < -0.39 is 124 Å². The van der Waals surface area contributed by atoms with Crippen LogP contribution in [-0.4, -0.2) is 193 Å². The van der Waals surface area contributed by atoms with Crippen LogP contribution < -0.4 is 5.32 Å². The third kappa shape index (κ3) is 42.7. The van der Waals surface area contributed by atoms with Gasteiger partial charge >= 0.3 is 0 Å². The van der Waals surface area contributed by atoms with Gasteiger partial charge in [-0.25, -0.2) is 0 Å². The number of hydrogen-bond donors (Lipinski definition) is 12. The molecule has 3 rings (SSSR count). The number of aliphatic hydroxyl groups excluding tert-OH is 11. The molecule has 1 amide bonds. The van der Waals surface area contributed by atoms with Crippen LogP contribution in [0.1, 0.15) is 245 Å². The first-order chi connectivity index (χ1) is 50.3. The third-order valence-electron chi connectivity index (χ3n) is 18.6. The first-order valence-electron chi connectivity index (χ1n) is 39.6. The van der Waals surface area contributed by atoms with Gasteiger partial charge in [0, 0.05) is 6.42 Å². The van der Waals surface area contributed by atoms with Crippen LogP contribution in [-0.2, 0) is 33.2 Å². The van der Waals surface area contributed by atoms with Crippen LogP contribution in [0, 0.1) is 0 Å². The summed E-state index contributed by atoms with van der Waals surface area (Å²) in [6, 6.07) is -1.02. The molecular weight excluding hydrogens is 1310 g/mol. The van der Waals surface area contributed by atoms with E-state index in [0.29, 0.717) is 12.8 Å². The molecule has 0 spiro atoms. The molecule has 17 atom stereocenters. The minimum Gasteiger partial charge on any atom is -0.394 e. The second-order valence-corrected chi connectivity index (χ2v) is 27.4. The van der Waals surface area contributed by atoms with Crippen LogP contribution in [0.5, 0.6) is 0 Å². The second kappa shape index (κ2) is 62.7. The predicted octanol–water partition coefficient (Wildman–Crippen LogP) is 13.1. The zero-order valence-corrected chi connectivity index (χ0v) is 62.7. The summed E-state index contributed by atoms with van der Waals surface area (Å²) in [6.45, 7) is 1.58. The van der Waals surface area contributed by atoms with Gasteiger partial charge in [-0.15, -0.1) is 0 Å². The Kier molecular flexibility index (Phi) is 56.5. The van der Waals surface area contributed by atoms with Crippen molar-refractivity contribution in [1.82, 2.24) is 5.32 Å². The largest absolute Gasteiger partial charge is 0.394 e. The molecule has 103 heavy (non-hydrogen) atoms. The summed E-state index contributed by atoms with van der Waals surface area (Å²) >= 11 is 0. The number of rotatable bonds is 60. The molecule has 12 N–H and O–H groups in total. The molecule has 3 fully saturated rings. The summed E-state index contributed by atoms with van der Waals surface area (Å²) in [5.41, 5.74) is 0. The van der Waals surface area contributed by atoms with Crippen molar-refractivity contribution >= 4 is 5.91 Å². The molecule has 0 bridgehead atoms. The molecule has 588 valence electrons. The van der Waals surface area contributed by atoms with E-state index in [0.717, 1.165) is 128 Å². The van der Waals surface area contributed by atoms with E-state index in [4.69, 9.17) is 28.4 Å². The number of carbonyl (C=O) groups excluding carboxylic acids is 1. The zero-order chi connectivity index (χ0) is 74.6. The molecule has 3 aliphatic rings. The van der Waals surface area contributed by atoms with Gasteiger partial charge in [0.1, 0.15) is 73.2 Å². The maximum absolute atomic E-state index is 13.5. The topological polar surface area (TPSA) is 307 Å². The van der Waals surface area contributed by atoms with Gasteiger partial charge in [-0.1, -0.05) is 269 Å². The predicted molar refractivity (Wildman–Crippen MR) is 410 cm³/mol. The second-order valence-electron chi connectivity index (χ2n) is 27.4. The molecule has 0 aliphatic carbocycles. The van der Waals surface area contributed by atoms with Gasteiger partial charge in [-0.2, -0.15) is 0 Å². The number of unbranched alkanes of at least 4 members (excludes halogenated alkanes) is 22. The molecule has 3 heterocycles. The van der Waals surface area contributed by atoms with Gasteiger partial charge in [0.15, 0.2) is 18.9 Å². The van der Waals surface area contributed by atoms with Crippen LogP contribution in [0.4, 0.5) is 0 Å². The fraction of sp³-hybridized carbons (Fsp3) is 0.702. The lowest BCUT2D eigenvalue weighted by atomic mass is 9.96. The summed E-state index contributed by atoms with van der Waals surface area (Å²) < 4.78 is 34.4. The van der Waals surface area contributed by atoms with Crippen LogP contribution in [0.2, 0.25) is 0 Å². The van der Waals surface area contributed by atoms with E-state index in [1.54, 1.807) is 6.08 Å². The molecule has 3 saturated heterocycles. The molecule has 0 radical (unpaired) electrons. The van der Waals surface area contributed by atoms with Crippen LogP contribution in [0.15, 0.2) is 146 Å². The number of allylic oxidation sites excluding steroid dienone is 23. The van der Waals surface area contributed by atoms with Crippen molar-refractivity contribution in [1.29, 1.82) is 0 Å². The Labute approximate surface area is 619 Å². The molecule has 0 saturated carbocycles. The lowest BCUT2D eigenvalue weighted by Crippen LogP contribution is -2.66.